The number of hydrogen-bond donors (Lipinski definition) is 0. The Kier molecular flexibility index (Phi) is 11.7. The van der Waals surface area contributed by atoms with E-state index in [4.69, 9.17) is 4.74 Å². The van der Waals surface area contributed by atoms with Crippen LogP contribution in [0.3, 0.4) is 0 Å². The first-order valence-electron chi connectivity index (χ1n) is 7.18. The number of hydrogen-bond acceptors (Lipinski definition) is 2. The highest BCUT2D eigenvalue weighted by molar-refractivity contribution is 5.88. The second-order valence-electron chi connectivity index (χ2n) is 4.70. The van der Waals surface area contributed by atoms with E-state index in [9.17, 15) is 4.79 Å². The Morgan fingerprint density at radius 2 is 1.61 bits per heavy atom. The van der Waals surface area contributed by atoms with Crippen molar-refractivity contribution in [3.05, 3.63) is 24.3 Å². The van der Waals surface area contributed by atoms with Crippen molar-refractivity contribution in [2.75, 3.05) is 6.61 Å². The second kappa shape index (κ2) is 12.4. The van der Waals surface area contributed by atoms with Crippen LogP contribution in [0.4, 0.5) is 0 Å². The molecule has 0 saturated carbocycles. The third-order valence-corrected chi connectivity index (χ3v) is 2.92. The second-order valence-corrected chi connectivity index (χ2v) is 4.70. The largest absolute Gasteiger partial charge is 0.462 e. The van der Waals surface area contributed by atoms with Gasteiger partial charge in [-0.2, -0.15) is 0 Å². The predicted molar refractivity (Wildman–Crippen MR) is 77.5 cm³/mol. The lowest BCUT2D eigenvalue weighted by Crippen LogP contribution is -2.06. The highest BCUT2D eigenvalue weighted by Crippen LogP contribution is 2.08. The van der Waals surface area contributed by atoms with Gasteiger partial charge in [-0.05, 0) is 13.3 Å². The van der Waals surface area contributed by atoms with Gasteiger partial charge >= 0.3 is 5.97 Å². The van der Waals surface area contributed by atoms with E-state index in [1.165, 1.54) is 38.5 Å². The number of carbonyl (C=O) groups is 1. The summed E-state index contributed by atoms with van der Waals surface area (Å²) in [5.41, 5.74) is 0.615. The summed E-state index contributed by atoms with van der Waals surface area (Å²) in [6, 6.07) is 0. The number of esters is 1. The monoisotopic (exact) mass is 252 g/mol. The molecular formula is C16H28O2. The van der Waals surface area contributed by atoms with Crippen LogP contribution < -0.4 is 0 Å². The molecule has 0 atom stereocenters. The van der Waals surface area contributed by atoms with Crippen molar-refractivity contribution in [2.24, 2.45) is 0 Å². The minimum Gasteiger partial charge on any atom is -0.462 e. The molecule has 0 aliphatic carbocycles. The van der Waals surface area contributed by atoms with Crippen LogP contribution in [0.5, 0.6) is 0 Å². The Bertz CT molecular complexity index is 254. The van der Waals surface area contributed by atoms with Crippen molar-refractivity contribution in [3.63, 3.8) is 0 Å². The SMILES string of the molecule is C=C/C=C(\C)C(=O)OCCCCCCCCCC. The molecule has 0 fully saturated rings. The van der Waals surface area contributed by atoms with Crippen LogP contribution in [0.25, 0.3) is 0 Å². The molecule has 0 radical (unpaired) electrons. The summed E-state index contributed by atoms with van der Waals surface area (Å²) in [6.07, 6.45) is 13.3. The molecule has 0 spiro atoms. The molecule has 0 amide bonds. The molecule has 104 valence electrons. The molecule has 0 aromatic rings. The maximum Gasteiger partial charge on any atom is 0.333 e. The molecule has 0 N–H and O–H groups in total. The molecule has 0 heterocycles. The van der Waals surface area contributed by atoms with Gasteiger partial charge in [-0.25, -0.2) is 4.79 Å². The zero-order valence-electron chi connectivity index (χ0n) is 12.0. The zero-order chi connectivity index (χ0) is 13.6. The van der Waals surface area contributed by atoms with Crippen LogP contribution in [0.1, 0.15) is 65.2 Å². The third kappa shape index (κ3) is 10.1. The molecule has 0 aliphatic heterocycles. The molecule has 0 rings (SSSR count). The highest BCUT2D eigenvalue weighted by Gasteiger charge is 2.03. The predicted octanol–water partition coefficient (Wildman–Crippen LogP) is 4.80. The van der Waals surface area contributed by atoms with Crippen molar-refractivity contribution in [1.82, 2.24) is 0 Å². The summed E-state index contributed by atoms with van der Waals surface area (Å²) >= 11 is 0. The molecule has 0 aromatic carbocycles. The highest BCUT2D eigenvalue weighted by atomic mass is 16.5. The maximum absolute atomic E-state index is 11.4. The maximum atomic E-state index is 11.4. The molecule has 0 saturated heterocycles. The Labute approximate surface area is 112 Å². The molecule has 0 bridgehead atoms. The van der Waals surface area contributed by atoms with E-state index >= 15 is 0 Å². The lowest BCUT2D eigenvalue weighted by molar-refractivity contribution is -0.139. The fourth-order valence-electron chi connectivity index (χ4n) is 1.76. The van der Waals surface area contributed by atoms with Gasteiger partial charge in [0.05, 0.1) is 6.61 Å². The van der Waals surface area contributed by atoms with Crippen LogP contribution >= 0.6 is 0 Å². The topological polar surface area (TPSA) is 26.3 Å². The van der Waals surface area contributed by atoms with E-state index in [0.29, 0.717) is 12.2 Å². The van der Waals surface area contributed by atoms with Crippen LogP contribution in [0.15, 0.2) is 24.3 Å². The molecule has 0 aromatic heterocycles. The Balaban J connectivity index is 3.32. The first-order valence-corrected chi connectivity index (χ1v) is 7.18. The van der Waals surface area contributed by atoms with Gasteiger partial charge < -0.3 is 4.74 Å². The minimum absolute atomic E-state index is 0.224. The van der Waals surface area contributed by atoms with Gasteiger partial charge in [0.25, 0.3) is 0 Å². The van der Waals surface area contributed by atoms with Gasteiger partial charge in [0.15, 0.2) is 0 Å². The van der Waals surface area contributed by atoms with E-state index in [1.807, 2.05) is 0 Å². The summed E-state index contributed by atoms with van der Waals surface area (Å²) in [7, 11) is 0. The lowest BCUT2D eigenvalue weighted by atomic mass is 10.1. The average Bonchev–Trinajstić information content (AvgIpc) is 2.36. The fraction of sp³-hybridized carbons (Fsp3) is 0.688. The molecular weight excluding hydrogens is 224 g/mol. The first kappa shape index (κ1) is 16.9. The number of ether oxygens (including phenoxy) is 1. The normalized spacial score (nSPS) is 11.3. The van der Waals surface area contributed by atoms with Gasteiger partial charge in [-0.15, -0.1) is 0 Å². The standard InChI is InChI=1S/C16H28O2/c1-4-6-7-8-9-10-11-12-14-18-16(17)15(3)13-5-2/h5,13H,2,4,6-12,14H2,1,3H3/b15-13+. The van der Waals surface area contributed by atoms with Crippen molar-refractivity contribution < 1.29 is 9.53 Å². The summed E-state index contributed by atoms with van der Waals surface area (Å²) in [5, 5.41) is 0. The number of carbonyl (C=O) groups excluding carboxylic acids is 1. The van der Waals surface area contributed by atoms with Crippen LogP contribution in [0, 0.1) is 0 Å². The van der Waals surface area contributed by atoms with Crippen LogP contribution in [-0.4, -0.2) is 12.6 Å². The van der Waals surface area contributed by atoms with E-state index in [0.717, 1.165) is 12.8 Å². The van der Waals surface area contributed by atoms with Crippen LogP contribution in [-0.2, 0) is 9.53 Å². The summed E-state index contributed by atoms with van der Waals surface area (Å²) in [6.45, 7) is 8.07. The van der Waals surface area contributed by atoms with E-state index in [1.54, 1.807) is 19.1 Å². The lowest BCUT2D eigenvalue weighted by Gasteiger charge is -2.04. The summed E-state index contributed by atoms with van der Waals surface area (Å²) in [5.74, 6) is -0.224. The zero-order valence-corrected chi connectivity index (χ0v) is 12.0. The smallest absolute Gasteiger partial charge is 0.333 e. The number of unbranched alkanes of at least 4 members (excludes halogenated alkanes) is 7. The van der Waals surface area contributed by atoms with E-state index < -0.39 is 0 Å². The molecule has 18 heavy (non-hydrogen) atoms. The van der Waals surface area contributed by atoms with Gasteiger partial charge in [0.2, 0.25) is 0 Å². The quantitative estimate of drug-likeness (QED) is 0.228. The first-order chi connectivity index (χ1) is 8.72. The summed E-state index contributed by atoms with van der Waals surface area (Å²) < 4.78 is 5.15. The fourth-order valence-corrected chi connectivity index (χ4v) is 1.76. The molecule has 2 nitrogen and oxygen atoms in total. The Hall–Kier alpha value is -1.05. The molecule has 0 unspecified atom stereocenters. The van der Waals surface area contributed by atoms with E-state index in [-0.39, 0.29) is 5.97 Å². The van der Waals surface area contributed by atoms with Crippen molar-refractivity contribution in [1.29, 1.82) is 0 Å². The van der Waals surface area contributed by atoms with Gasteiger partial charge in [0.1, 0.15) is 0 Å². The van der Waals surface area contributed by atoms with E-state index in [2.05, 4.69) is 13.5 Å². The van der Waals surface area contributed by atoms with Gasteiger partial charge in [0, 0.05) is 5.57 Å². The Morgan fingerprint density at radius 3 is 2.17 bits per heavy atom. The van der Waals surface area contributed by atoms with Gasteiger partial charge in [-0.3, -0.25) is 0 Å². The van der Waals surface area contributed by atoms with Crippen molar-refractivity contribution in [3.8, 4) is 0 Å². The average molecular weight is 252 g/mol. The van der Waals surface area contributed by atoms with Crippen LogP contribution in [0.2, 0.25) is 0 Å². The van der Waals surface area contributed by atoms with Crippen molar-refractivity contribution in [2.45, 2.75) is 65.2 Å². The third-order valence-electron chi connectivity index (χ3n) is 2.92. The molecule has 0 aliphatic rings. The minimum atomic E-state index is -0.224. The number of allylic oxidation sites excluding steroid dienone is 2. The number of rotatable bonds is 11. The Morgan fingerprint density at radius 1 is 1.06 bits per heavy atom. The molecule has 2 heteroatoms. The summed E-state index contributed by atoms with van der Waals surface area (Å²) in [4.78, 5) is 11.4. The van der Waals surface area contributed by atoms with Gasteiger partial charge in [-0.1, -0.05) is 70.6 Å². The van der Waals surface area contributed by atoms with Crippen molar-refractivity contribution >= 4 is 5.97 Å².